The molecule has 2 fully saturated rings. The molecular formula is C11H21ClN2O2S. The molecule has 6 heteroatoms. The molecule has 0 aromatic rings. The number of nitrogens with zero attached hydrogens (tertiary/aromatic N) is 2. The van der Waals surface area contributed by atoms with Crippen LogP contribution in [-0.2, 0) is 10.2 Å². The molecule has 0 aliphatic carbocycles. The minimum atomic E-state index is -3.19. The summed E-state index contributed by atoms with van der Waals surface area (Å²) in [6.07, 6.45) is 5.78. The molecule has 0 aromatic carbocycles. The predicted octanol–water partition coefficient (Wildman–Crippen LogP) is 1.81. The smallest absolute Gasteiger partial charge is 0.195 e. The van der Waals surface area contributed by atoms with Crippen LogP contribution in [0.4, 0.5) is 0 Å². The lowest BCUT2D eigenvalue weighted by molar-refractivity contribution is 0.331. The Kier molecular flexibility index (Phi) is 4.69. The number of rotatable bonds is 5. The Balaban J connectivity index is 2.03. The lowest BCUT2D eigenvalue weighted by atomic mass is 10.1. The molecule has 17 heavy (non-hydrogen) atoms. The van der Waals surface area contributed by atoms with Gasteiger partial charge in [-0.3, -0.25) is 0 Å². The molecule has 0 saturated carbocycles. The summed E-state index contributed by atoms with van der Waals surface area (Å²) in [6.45, 7) is 2.08. The van der Waals surface area contributed by atoms with E-state index >= 15 is 0 Å². The summed E-state index contributed by atoms with van der Waals surface area (Å²) in [5.41, 5.74) is 0. The van der Waals surface area contributed by atoms with Crippen molar-refractivity contribution in [3.05, 3.63) is 0 Å². The molecule has 100 valence electrons. The molecule has 4 nitrogen and oxygen atoms in total. The fraction of sp³-hybridized carbons (Fsp3) is 1.00. The molecule has 2 heterocycles. The fourth-order valence-electron chi connectivity index (χ4n) is 2.78. The molecule has 0 amide bonds. The van der Waals surface area contributed by atoms with E-state index in [4.69, 9.17) is 11.6 Å². The first-order chi connectivity index (χ1) is 8.16. The van der Waals surface area contributed by atoms with Crippen LogP contribution in [0.5, 0.6) is 0 Å². The average Bonchev–Trinajstić information content (AvgIpc) is 2.97. The van der Waals surface area contributed by atoms with Crippen LogP contribution in [0.3, 0.4) is 0 Å². The van der Waals surface area contributed by atoms with Gasteiger partial charge in [-0.25, -0.2) is 0 Å². The van der Waals surface area contributed by atoms with E-state index in [0.29, 0.717) is 25.5 Å². The third-order valence-electron chi connectivity index (χ3n) is 3.68. The molecule has 1 atom stereocenters. The van der Waals surface area contributed by atoms with Crippen LogP contribution >= 0.6 is 11.6 Å². The minimum Gasteiger partial charge on any atom is -0.195 e. The molecule has 0 N–H and O–H groups in total. The summed E-state index contributed by atoms with van der Waals surface area (Å²) in [4.78, 5) is 0. The van der Waals surface area contributed by atoms with Crippen molar-refractivity contribution in [2.75, 3.05) is 25.5 Å². The van der Waals surface area contributed by atoms with Gasteiger partial charge >= 0.3 is 0 Å². The SMILES string of the molecule is O=S(=O)(N1CCCC1)N1CCCC1CCCCl. The maximum atomic E-state index is 12.4. The Hall–Kier alpha value is 0.160. The second kappa shape index (κ2) is 5.87. The fourth-order valence-corrected chi connectivity index (χ4v) is 4.90. The third kappa shape index (κ3) is 2.95. The van der Waals surface area contributed by atoms with Gasteiger partial charge in [-0.1, -0.05) is 0 Å². The van der Waals surface area contributed by atoms with E-state index < -0.39 is 10.2 Å². The highest BCUT2D eigenvalue weighted by Crippen LogP contribution is 2.28. The second-order valence-corrected chi connectivity index (χ2v) is 7.11. The zero-order chi connectivity index (χ0) is 12.3. The van der Waals surface area contributed by atoms with Crippen molar-refractivity contribution in [3.63, 3.8) is 0 Å². The molecule has 2 saturated heterocycles. The van der Waals surface area contributed by atoms with E-state index in [1.807, 2.05) is 0 Å². The van der Waals surface area contributed by atoms with Gasteiger partial charge in [0.05, 0.1) is 0 Å². The quantitative estimate of drug-likeness (QED) is 0.721. The summed E-state index contributed by atoms with van der Waals surface area (Å²) >= 11 is 5.69. The minimum absolute atomic E-state index is 0.180. The monoisotopic (exact) mass is 280 g/mol. The highest BCUT2D eigenvalue weighted by Gasteiger charge is 2.38. The van der Waals surface area contributed by atoms with Crippen LogP contribution in [0.15, 0.2) is 0 Å². The molecule has 0 aromatic heterocycles. The van der Waals surface area contributed by atoms with Crippen LogP contribution in [0, 0.1) is 0 Å². The molecular weight excluding hydrogens is 260 g/mol. The van der Waals surface area contributed by atoms with Crippen molar-refractivity contribution in [1.29, 1.82) is 0 Å². The Labute approximate surface area is 109 Å². The molecule has 1 unspecified atom stereocenters. The standard InChI is InChI=1S/C11H21ClN2O2S/c12-7-3-5-11-6-4-10-14(11)17(15,16)13-8-1-2-9-13/h11H,1-10H2. The van der Waals surface area contributed by atoms with Crippen molar-refractivity contribution in [1.82, 2.24) is 8.61 Å². The van der Waals surface area contributed by atoms with Crippen LogP contribution in [0.1, 0.15) is 38.5 Å². The number of hydrogen-bond donors (Lipinski definition) is 0. The van der Waals surface area contributed by atoms with Crippen LogP contribution < -0.4 is 0 Å². The van der Waals surface area contributed by atoms with Crippen molar-refractivity contribution in [2.24, 2.45) is 0 Å². The number of alkyl halides is 1. The van der Waals surface area contributed by atoms with Gasteiger partial charge in [-0.2, -0.15) is 17.0 Å². The second-order valence-electron chi connectivity index (χ2n) is 4.85. The van der Waals surface area contributed by atoms with Crippen molar-refractivity contribution < 1.29 is 8.42 Å². The largest absolute Gasteiger partial charge is 0.282 e. The van der Waals surface area contributed by atoms with Crippen molar-refractivity contribution in [2.45, 2.75) is 44.6 Å². The lowest BCUT2D eigenvalue weighted by Gasteiger charge is -2.28. The van der Waals surface area contributed by atoms with Gasteiger partial charge in [0.2, 0.25) is 0 Å². The summed E-state index contributed by atoms with van der Waals surface area (Å²) in [7, 11) is -3.19. The number of halogens is 1. The van der Waals surface area contributed by atoms with Gasteiger partial charge in [0.25, 0.3) is 10.2 Å². The van der Waals surface area contributed by atoms with Gasteiger partial charge in [0.15, 0.2) is 0 Å². The summed E-state index contributed by atoms with van der Waals surface area (Å²) in [5.74, 6) is 0.619. The topological polar surface area (TPSA) is 40.6 Å². The van der Waals surface area contributed by atoms with Gasteiger partial charge in [0, 0.05) is 31.6 Å². The van der Waals surface area contributed by atoms with E-state index in [-0.39, 0.29) is 6.04 Å². The van der Waals surface area contributed by atoms with Crippen LogP contribution in [0.25, 0.3) is 0 Å². The van der Waals surface area contributed by atoms with E-state index in [0.717, 1.165) is 38.5 Å². The first-order valence-corrected chi connectivity index (χ1v) is 8.42. The van der Waals surface area contributed by atoms with Gasteiger partial charge in [-0.05, 0) is 38.5 Å². The normalized spacial score (nSPS) is 27.9. The number of hydrogen-bond acceptors (Lipinski definition) is 2. The maximum absolute atomic E-state index is 12.4. The highest BCUT2D eigenvalue weighted by atomic mass is 35.5. The van der Waals surface area contributed by atoms with Crippen LogP contribution in [-0.4, -0.2) is 48.6 Å². The molecule has 2 aliphatic heterocycles. The Morgan fingerprint density at radius 3 is 2.47 bits per heavy atom. The summed E-state index contributed by atoms with van der Waals surface area (Å²) in [6, 6.07) is 0.180. The van der Waals surface area contributed by atoms with Gasteiger partial charge < -0.3 is 0 Å². The summed E-state index contributed by atoms with van der Waals surface area (Å²) < 4.78 is 28.2. The van der Waals surface area contributed by atoms with E-state index in [9.17, 15) is 8.42 Å². The maximum Gasteiger partial charge on any atom is 0.282 e. The third-order valence-corrected chi connectivity index (χ3v) is 6.04. The average molecular weight is 281 g/mol. The molecule has 2 aliphatic rings. The zero-order valence-corrected chi connectivity index (χ0v) is 11.7. The highest BCUT2D eigenvalue weighted by molar-refractivity contribution is 7.86. The Morgan fingerprint density at radius 1 is 1.12 bits per heavy atom. The van der Waals surface area contributed by atoms with Gasteiger partial charge in [0.1, 0.15) is 0 Å². The Morgan fingerprint density at radius 2 is 1.82 bits per heavy atom. The molecule has 0 radical (unpaired) electrons. The Bertz CT molecular complexity index is 341. The lowest BCUT2D eigenvalue weighted by Crippen LogP contribution is -2.44. The van der Waals surface area contributed by atoms with E-state index in [1.54, 1.807) is 8.61 Å². The van der Waals surface area contributed by atoms with E-state index in [1.165, 1.54) is 0 Å². The zero-order valence-electron chi connectivity index (χ0n) is 10.1. The molecule has 0 spiro atoms. The summed E-state index contributed by atoms with van der Waals surface area (Å²) in [5, 5.41) is 0. The van der Waals surface area contributed by atoms with Crippen molar-refractivity contribution in [3.8, 4) is 0 Å². The predicted molar refractivity (Wildman–Crippen MR) is 69.4 cm³/mol. The first-order valence-electron chi connectivity index (χ1n) is 6.49. The molecule has 0 bridgehead atoms. The van der Waals surface area contributed by atoms with Crippen molar-refractivity contribution >= 4 is 21.8 Å². The van der Waals surface area contributed by atoms with E-state index in [2.05, 4.69) is 0 Å². The van der Waals surface area contributed by atoms with Crippen LogP contribution in [0.2, 0.25) is 0 Å². The first kappa shape index (κ1) is 13.6. The molecule has 2 rings (SSSR count). The van der Waals surface area contributed by atoms with Gasteiger partial charge in [-0.15, -0.1) is 11.6 Å².